The minimum Gasteiger partial charge on any atom is -0.438 e. The SMILES string of the molecule is COC(=O)OC(Cl)(Cl)Cl.O=C(Cl)N1CCc2ccccc2[C@@H]1c1ccccc1.c1ccc([C@@H]2NCCc3ccccc32)cc1. The molecule has 10 heteroatoms. The summed E-state index contributed by atoms with van der Waals surface area (Å²) in [5.74, 6) is 0. The van der Waals surface area contributed by atoms with Crippen LogP contribution in [0, 0.1) is 0 Å². The van der Waals surface area contributed by atoms with Gasteiger partial charge in [-0.1, -0.05) is 109 Å². The largest absolute Gasteiger partial charge is 0.511 e. The van der Waals surface area contributed by atoms with Crippen LogP contribution in [0.1, 0.15) is 45.5 Å². The van der Waals surface area contributed by atoms with E-state index in [4.69, 9.17) is 46.4 Å². The Kier molecular flexibility index (Phi) is 12.4. The van der Waals surface area contributed by atoms with Crippen LogP contribution in [0.25, 0.3) is 0 Å². The lowest BCUT2D eigenvalue weighted by molar-refractivity contribution is 0.0704. The Bertz CT molecular complexity index is 1520. The van der Waals surface area contributed by atoms with Gasteiger partial charge in [0.25, 0.3) is 0 Å². The van der Waals surface area contributed by atoms with Gasteiger partial charge in [-0.2, -0.15) is 0 Å². The third-order valence-corrected chi connectivity index (χ3v) is 7.68. The van der Waals surface area contributed by atoms with E-state index in [0.717, 1.165) is 32.1 Å². The zero-order valence-corrected chi connectivity index (χ0v) is 27.0. The molecule has 44 heavy (non-hydrogen) atoms. The van der Waals surface area contributed by atoms with Crippen molar-refractivity contribution in [2.24, 2.45) is 0 Å². The van der Waals surface area contributed by atoms with E-state index in [9.17, 15) is 9.59 Å². The van der Waals surface area contributed by atoms with E-state index in [1.807, 2.05) is 42.5 Å². The molecule has 2 aliphatic heterocycles. The van der Waals surface area contributed by atoms with Crippen molar-refractivity contribution in [2.75, 3.05) is 20.2 Å². The molecule has 2 heterocycles. The van der Waals surface area contributed by atoms with Gasteiger partial charge >= 0.3 is 15.5 Å². The molecule has 0 aliphatic carbocycles. The summed E-state index contributed by atoms with van der Waals surface area (Å²) in [6.45, 7) is 1.73. The predicted octanol–water partition coefficient (Wildman–Crippen LogP) is 9.01. The van der Waals surface area contributed by atoms with E-state index in [0.29, 0.717) is 12.6 Å². The summed E-state index contributed by atoms with van der Waals surface area (Å²) in [7, 11) is 1.11. The van der Waals surface area contributed by atoms with Crippen LogP contribution in [0.3, 0.4) is 0 Å². The zero-order valence-electron chi connectivity index (χ0n) is 24.0. The number of rotatable bonds is 2. The molecule has 0 fully saturated rings. The van der Waals surface area contributed by atoms with Gasteiger partial charge in [-0.3, -0.25) is 4.79 Å². The average Bonchev–Trinajstić information content (AvgIpc) is 3.04. The van der Waals surface area contributed by atoms with Gasteiger partial charge in [-0.15, -0.1) is 0 Å². The highest BCUT2D eigenvalue weighted by molar-refractivity contribution is 6.66. The summed E-state index contributed by atoms with van der Waals surface area (Å²) in [6.07, 6.45) is 0.965. The number of amides is 1. The first-order chi connectivity index (χ1) is 21.2. The molecule has 1 N–H and O–H groups in total. The number of halogens is 4. The molecule has 6 rings (SSSR count). The predicted molar refractivity (Wildman–Crippen MR) is 177 cm³/mol. The standard InChI is InChI=1S/C16H14ClNO.C15H15N.C3H3Cl3O3/c17-16(19)18-11-10-12-6-4-5-9-14(12)15(18)13-7-2-1-3-8-13;1-2-7-13(8-3-1)15-14-9-5-4-6-12(14)10-11-16-15;1-8-2(7)9-3(4,5)6/h1-9,15H,10-11H2;1-9,15-16H,10-11H2;1H3/t2*15-;/m00./s1. The highest BCUT2D eigenvalue weighted by atomic mass is 35.6. The van der Waals surface area contributed by atoms with Crippen LogP contribution in [0.2, 0.25) is 0 Å². The Hall–Kier alpha value is -3.26. The lowest BCUT2D eigenvalue weighted by atomic mass is 9.88. The number of nitrogens with one attached hydrogen (secondary N) is 1. The summed E-state index contributed by atoms with van der Waals surface area (Å²) in [5.41, 5.74) is 7.84. The molecule has 0 saturated carbocycles. The molecule has 0 spiro atoms. The van der Waals surface area contributed by atoms with E-state index in [1.165, 1.54) is 27.8 Å². The molecular formula is C34H32Cl4N2O4. The van der Waals surface area contributed by atoms with Gasteiger partial charge in [0, 0.05) is 13.1 Å². The van der Waals surface area contributed by atoms with Crippen molar-refractivity contribution in [1.29, 1.82) is 0 Å². The molecule has 1 amide bonds. The maximum Gasteiger partial charge on any atom is 0.511 e. The van der Waals surface area contributed by atoms with Crippen LogP contribution in [-0.4, -0.2) is 40.6 Å². The summed E-state index contributed by atoms with van der Waals surface area (Å²) >= 11 is 20.8. The molecule has 2 aliphatic rings. The second-order valence-corrected chi connectivity index (χ2v) is 12.5. The fourth-order valence-electron chi connectivity index (χ4n) is 5.33. The number of ether oxygens (including phenoxy) is 2. The van der Waals surface area contributed by atoms with Crippen molar-refractivity contribution in [3.8, 4) is 0 Å². The number of alkyl halides is 3. The lowest BCUT2D eigenvalue weighted by Gasteiger charge is -2.36. The minimum atomic E-state index is -2.03. The molecular weight excluding hydrogens is 642 g/mol. The lowest BCUT2D eigenvalue weighted by Crippen LogP contribution is -2.37. The summed E-state index contributed by atoms with van der Waals surface area (Å²) < 4.78 is 6.00. The minimum absolute atomic E-state index is 0.0730. The van der Waals surface area contributed by atoms with Crippen molar-refractivity contribution in [1.82, 2.24) is 10.2 Å². The number of fused-ring (bicyclic) bond motifs is 2. The van der Waals surface area contributed by atoms with E-state index < -0.39 is 10.1 Å². The van der Waals surface area contributed by atoms with Gasteiger partial charge in [0.15, 0.2) is 0 Å². The smallest absolute Gasteiger partial charge is 0.438 e. The van der Waals surface area contributed by atoms with Gasteiger partial charge in [-0.25, -0.2) is 4.79 Å². The number of hydrogen-bond acceptors (Lipinski definition) is 5. The second kappa shape index (κ2) is 16.2. The van der Waals surface area contributed by atoms with Crippen molar-refractivity contribution < 1.29 is 19.1 Å². The van der Waals surface area contributed by atoms with Crippen molar-refractivity contribution in [3.05, 3.63) is 143 Å². The number of nitrogens with zero attached hydrogens (tertiary/aromatic N) is 1. The molecule has 230 valence electrons. The molecule has 4 aromatic rings. The van der Waals surface area contributed by atoms with Gasteiger partial charge in [0.1, 0.15) is 0 Å². The number of hydrogen-bond donors (Lipinski definition) is 1. The third-order valence-electron chi connectivity index (χ3n) is 7.23. The zero-order chi connectivity index (χ0) is 31.5. The maximum atomic E-state index is 11.7. The first kappa shape index (κ1) is 33.6. The van der Waals surface area contributed by atoms with E-state index in [-0.39, 0.29) is 11.4 Å². The van der Waals surface area contributed by atoms with Crippen molar-refractivity contribution >= 4 is 57.9 Å². The Morgan fingerprint density at radius 3 is 1.82 bits per heavy atom. The van der Waals surface area contributed by atoms with Gasteiger partial charge in [0.05, 0.1) is 19.2 Å². The summed E-state index contributed by atoms with van der Waals surface area (Å²) in [6, 6.07) is 38.0. The number of benzene rings is 4. The molecule has 2 atom stereocenters. The quantitative estimate of drug-likeness (QED) is 0.0996. The van der Waals surface area contributed by atoms with E-state index in [2.05, 4.69) is 81.5 Å². The Labute approximate surface area is 277 Å². The molecule has 0 aromatic heterocycles. The average molecular weight is 674 g/mol. The maximum absolute atomic E-state index is 11.7. The fourth-order valence-corrected chi connectivity index (χ4v) is 5.71. The fraction of sp³-hybridized carbons (Fsp3) is 0.235. The molecule has 0 saturated heterocycles. The molecule has 6 nitrogen and oxygen atoms in total. The van der Waals surface area contributed by atoms with Crippen molar-refractivity contribution in [3.63, 3.8) is 0 Å². The molecule has 4 aromatic carbocycles. The van der Waals surface area contributed by atoms with Gasteiger partial charge in [-0.05, 0) is 92.6 Å². The first-order valence-corrected chi connectivity index (χ1v) is 15.5. The van der Waals surface area contributed by atoms with Crippen LogP contribution in [0.4, 0.5) is 9.59 Å². The monoisotopic (exact) mass is 672 g/mol. The Balaban J connectivity index is 0.000000161. The van der Waals surface area contributed by atoms with Crippen LogP contribution in [-0.2, 0) is 22.3 Å². The highest BCUT2D eigenvalue weighted by Crippen LogP contribution is 2.35. The van der Waals surface area contributed by atoms with Crippen LogP contribution in [0.5, 0.6) is 0 Å². The van der Waals surface area contributed by atoms with Gasteiger partial charge < -0.3 is 19.7 Å². The first-order valence-electron chi connectivity index (χ1n) is 14.0. The van der Waals surface area contributed by atoms with Crippen molar-refractivity contribution in [2.45, 2.75) is 28.9 Å². The van der Waals surface area contributed by atoms with E-state index >= 15 is 0 Å². The second-order valence-electron chi connectivity index (χ2n) is 9.96. The Morgan fingerprint density at radius 1 is 0.750 bits per heavy atom. The number of carbonyl (C=O) groups excluding carboxylic acids is 2. The molecule has 0 bridgehead atoms. The molecule has 0 unspecified atom stereocenters. The summed E-state index contributed by atoms with van der Waals surface area (Å²) in [4.78, 5) is 23.5. The highest BCUT2D eigenvalue weighted by Gasteiger charge is 2.31. The van der Waals surface area contributed by atoms with Gasteiger partial charge in [0.2, 0.25) is 0 Å². The van der Waals surface area contributed by atoms with Crippen LogP contribution < -0.4 is 5.32 Å². The van der Waals surface area contributed by atoms with Crippen LogP contribution in [0.15, 0.2) is 109 Å². The third kappa shape index (κ3) is 9.37. The summed E-state index contributed by atoms with van der Waals surface area (Å²) in [5, 5.41) is 3.21. The normalized spacial score (nSPS) is 16.9. The Morgan fingerprint density at radius 2 is 1.27 bits per heavy atom. The topological polar surface area (TPSA) is 67.9 Å². The molecule has 0 radical (unpaired) electrons. The number of carbonyl (C=O) groups is 2. The number of methoxy groups -OCH3 is 1. The van der Waals surface area contributed by atoms with Crippen LogP contribution >= 0.6 is 46.4 Å². The van der Waals surface area contributed by atoms with E-state index in [1.54, 1.807) is 4.90 Å².